The van der Waals surface area contributed by atoms with Gasteiger partial charge in [0.15, 0.2) is 0 Å². The average Bonchev–Trinajstić information content (AvgIpc) is 2.36. The lowest BCUT2D eigenvalue weighted by atomic mass is 10.1. The van der Waals surface area contributed by atoms with Gasteiger partial charge in [-0.15, -0.1) is 0 Å². The summed E-state index contributed by atoms with van der Waals surface area (Å²) >= 11 is 0. The van der Waals surface area contributed by atoms with Gasteiger partial charge in [0, 0.05) is 26.2 Å². The van der Waals surface area contributed by atoms with Gasteiger partial charge in [0.2, 0.25) is 0 Å². The zero-order valence-corrected chi connectivity index (χ0v) is 10.5. The lowest BCUT2D eigenvalue weighted by Gasteiger charge is -2.35. The van der Waals surface area contributed by atoms with E-state index < -0.39 is 0 Å². The zero-order valence-electron chi connectivity index (χ0n) is 10.5. The molecule has 0 aliphatic carbocycles. The molecular weight excluding hydrogens is 217 g/mol. The molecule has 0 bridgehead atoms. The van der Waals surface area contributed by atoms with Crippen LogP contribution in [0.4, 0.5) is 4.39 Å². The van der Waals surface area contributed by atoms with Gasteiger partial charge in [0.25, 0.3) is 0 Å². The third kappa shape index (κ3) is 2.83. The van der Waals surface area contributed by atoms with Crippen molar-refractivity contribution in [1.29, 1.82) is 0 Å². The first-order chi connectivity index (χ1) is 8.22. The van der Waals surface area contributed by atoms with Crippen LogP contribution in [-0.2, 0) is 0 Å². The van der Waals surface area contributed by atoms with Crippen molar-refractivity contribution in [2.45, 2.75) is 13.1 Å². The summed E-state index contributed by atoms with van der Waals surface area (Å²) in [6, 6.07) is 5.35. The monoisotopic (exact) mass is 237 g/mol. The molecule has 1 unspecified atom stereocenters. The van der Waals surface area contributed by atoms with E-state index in [0.717, 1.165) is 31.7 Å². The molecule has 1 fully saturated rings. The Morgan fingerprint density at radius 2 is 2.06 bits per heavy atom. The number of piperazine rings is 1. The minimum atomic E-state index is -0.135. The highest BCUT2D eigenvalue weighted by molar-refractivity contribution is 5.26. The molecule has 1 aliphatic heterocycles. The Kier molecular flexibility index (Phi) is 4.10. The summed E-state index contributed by atoms with van der Waals surface area (Å²) in [6.07, 6.45) is 0.177. The van der Waals surface area contributed by atoms with E-state index in [4.69, 9.17) is 0 Å². The molecule has 1 aromatic rings. The summed E-state index contributed by atoms with van der Waals surface area (Å²) in [7, 11) is 1.95. The molecule has 0 amide bonds. The van der Waals surface area contributed by atoms with E-state index in [1.165, 1.54) is 0 Å². The number of halogens is 1. The van der Waals surface area contributed by atoms with Crippen LogP contribution in [0, 0.1) is 12.7 Å². The summed E-state index contributed by atoms with van der Waals surface area (Å²) in [6.45, 7) is 5.86. The van der Waals surface area contributed by atoms with Crippen LogP contribution < -0.4 is 10.6 Å². The molecule has 1 atom stereocenters. The highest BCUT2D eigenvalue weighted by Crippen LogP contribution is 2.20. The molecule has 2 N–H and O–H groups in total. The molecule has 1 aromatic carbocycles. The number of aryl methyl sites for hydroxylation is 1. The third-order valence-corrected chi connectivity index (χ3v) is 3.29. The molecule has 3 nitrogen and oxygen atoms in total. The van der Waals surface area contributed by atoms with Crippen molar-refractivity contribution in [2.75, 3.05) is 33.2 Å². The van der Waals surface area contributed by atoms with Gasteiger partial charge in [-0.25, -0.2) is 4.39 Å². The van der Waals surface area contributed by atoms with Crippen LogP contribution in [0.25, 0.3) is 0 Å². The molecule has 1 saturated heterocycles. The SMILES string of the molecule is CNC(c1ccc(F)c(C)c1)N1CCNCC1. The van der Waals surface area contributed by atoms with Crippen LogP contribution in [0.5, 0.6) is 0 Å². The van der Waals surface area contributed by atoms with Crippen molar-refractivity contribution in [3.63, 3.8) is 0 Å². The Bertz CT molecular complexity index is 375. The smallest absolute Gasteiger partial charge is 0.126 e. The first-order valence-electron chi connectivity index (χ1n) is 6.10. The Labute approximate surface area is 102 Å². The van der Waals surface area contributed by atoms with Crippen molar-refractivity contribution in [3.05, 3.63) is 35.1 Å². The fourth-order valence-electron chi connectivity index (χ4n) is 2.34. The van der Waals surface area contributed by atoms with Crippen LogP contribution in [0.2, 0.25) is 0 Å². The van der Waals surface area contributed by atoms with Gasteiger partial charge < -0.3 is 10.6 Å². The topological polar surface area (TPSA) is 27.3 Å². The van der Waals surface area contributed by atoms with Crippen molar-refractivity contribution in [3.8, 4) is 0 Å². The molecule has 2 rings (SSSR count). The van der Waals surface area contributed by atoms with Gasteiger partial charge in [0.05, 0.1) is 6.17 Å². The molecule has 0 radical (unpaired) electrons. The molecule has 1 aliphatic rings. The zero-order chi connectivity index (χ0) is 12.3. The van der Waals surface area contributed by atoms with Crippen LogP contribution in [-0.4, -0.2) is 38.1 Å². The highest BCUT2D eigenvalue weighted by atomic mass is 19.1. The fourth-order valence-corrected chi connectivity index (χ4v) is 2.34. The van der Waals surface area contributed by atoms with Gasteiger partial charge in [-0.2, -0.15) is 0 Å². The van der Waals surface area contributed by atoms with Crippen LogP contribution in [0.3, 0.4) is 0 Å². The fraction of sp³-hybridized carbons (Fsp3) is 0.538. The largest absolute Gasteiger partial charge is 0.314 e. The number of nitrogens with zero attached hydrogens (tertiary/aromatic N) is 1. The van der Waals surface area contributed by atoms with Gasteiger partial charge in [-0.3, -0.25) is 4.90 Å². The summed E-state index contributed by atoms with van der Waals surface area (Å²) in [5, 5.41) is 6.65. The number of nitrogens with one attached hydrogen (secondary N) is 2. The molecular formula is C13H20FN3. The Morgan fingerprint density at radius 3 is 2.65 bits per heavy atom. The first-order valence-corrected chi connectivity index (χ1v) is 6.10. The standard InChI is InChI=1S/C13H20FN3/c1-10-9-11(3-4-12(10)14)13(15-2)17-7-5-16-6-8-17/h3-4,9,13,15-16H,5-8H2,1-2H3. The van der Waals surface area contributed by atoms with Gasteiger partial charge >= 0.3 is 0 Å². The minimum absolute atomic E-state index is 0.135. The maximum Gasteiger partial charge on any atom is 0.126 e. The van der Waals surface area contributed by atoms with Crippen LogP contribution in [0.1, 0.15) is 17.3 Å². The van der Waals surface area contributed by atoms with Gasteiger partial charge in [-0.05, 0) is 31.2 Å². The lowest BCUT2D eigenvalue weighted by Crippen LogP contribution is -2.48. The van der Waals surface area contributed by atoms with E-state index in [2.05, 4.69) is 15.5 Å². The molecule has 0 aromatic heterocycles. The average molecular weight is 237 g/mol. The minimum Gasteiger partial charge on any atom is -0.314 e. The number of hydrogen-bond donors (Lipinski definition) is 2. The number of benzene rings is 1. The Balaban J connectivity index is 2.18. The second-order valence-electron chi connectivity index (χ2n) is 4.49. The summed E-state index contributed by atoms with van der Waals surface area (Å²) in [5.74, 6) is -0.135. The third-order valence-electron chi connectivity index (χ3n) is 3.29. The Hall–Kier alpha value is -0.970. The van der Waals surface area contributed by atoms with Crippen molar-refractivity contribution < 1.29 is 4.39 Å². The maximum absolute atomic E-state index is 13.3. The van der Waals surface area contributed by atoms with Gasteiger partial charge in [-0.1, -0.05) is 12.1 Å². The van der Waals surface area contributed by atoms with Gasteiger partial charge in [0.1, 0.15) is 5.82 Å². The summed E-state index contributed by atoms with van der Waals surface area (Å²) < 4.78 is 13.3. The molecule has 0 spiro atoms. The van der Waals surface area contributed by atoms with E-state index in [9.17, 15) is 4.39 Å². The normalized spacial score (nSPS) is 19.2. The van der Waals surface area contributed by atoms with E-state index in [1.54, 1.807) is 6.07 Å². The molecule has 4 heteroatoms. The predicted octanol–water partition coefficient (Wildman–Crippen LogP) is 1.26. The predicted molar refractivity (Wildman–Crippen MR) is 67.4 cm³/mol. The quantitative estimate of drug-likeness (QED) is 0.828. The second-order valence-corrected chi connectivity index (χ2v) is 4.49. The first kappa shape index (κ1) is 12.5. The van der Waals surface area contributed by atoms with Crippen LogP contribution in [0.15, 0.2) is 18.2 Å². The maximum atomic E-state index is 13.3. The highest BCUT2D eigenvalue weighted by Gasteiger charge is 2.20. The van der Waals surface area contributed by atoms with E-state index in [0.29, 0.717) is 5.56 Å². The summed E-state index contributed by atoms with van der Waals surface area (Å²) in [4.78, 5) is 2.38. The Morgan fingerprint density at radius 1 is 1.35 bits per heavy atom. The molecule has 17 heavy (non-hydrogen) atoms. The van der Waals surface area contributed by atoms with Crippen molar-refractivity contribution in [1.82, 2.24) is 15.5 Å². The molecule has 0 saturated carbocycles. The molecule has 94 valence electrons. The summed E-state index contributed by atoms with van der Waals surface area (Å²) in [5.41, 5.74) is 1.84. The molecule has 1 heterocycles. The van der Waals surface area contributed by atoms with Crippen molar-refractivity contribution in [2.24, 2.45) is 0 Å². The number of hydrogen-bond acceptors (Lipinski definition) is 3. The van der Waals surface area contributed by atoms with Crippen LogP contribution >= 0.6 is 0 Å². The second kappa shape index (κ2) is 5.58. The van der Waals surface area contributed by atoms with Crippen molar-refractivity contribution >= 4 is 0 Å². The number of rotatable bonds is 3. The van der Waals surface area contributed by atoms with E-state index in [-0.39, 0.29) is 12.0 Å². The lowest BCUT2D eigenvalue weighted by molar-refractivity contribution is 0.153. The van der Waals surface area contributed by atoms with E-state index in [1.807, 2.05) is 26.1 Å². The van der Waals surface area contributed by atoms with E-state index >= 15 is 0 Å².